The molecule has 0 saturated carbocycles. The van der Waals surface area contributed by atoms with Crippen molar-refractivity contribution in [1.29, 1.82) is 0 Å². The highest BCUT2D eigenvalue weighted by Crippen LogP contribution is 2.27. The van der Waals surface area contributed by atoms with Crippen LogP contribution in [0.4, 0.5) is 5.69 Å². The van der Waals surface area contributed by atoms with Gasteiger partial charge in [0.2, 0.25) is 0 Å². The fraction of sp³-hybridized carbons (Fsp3) is 0.500. The van der Waals surface area contributed by atoms with Crippen LogP contribution < -0.4 is 10.1 Å². The summed E-state index contributed by atoms with van der Waals surface area (Å²) in [6.07, 6.45) is 0.494. The van der Waals surface area contributed by atoms with Gasteiger partial charge in [-0.3, -0.25) is 14.9 Å². The number of carbonyl (C=O) groups is 1. The molecule has 0 radical (unpaired) electrons. The quantitative estimate of drug-likeness (QED) is 0.563. The maximum absolute atomic E-state index is 11.1. The Balaban J connectivity index is 2.81. The zero-order valence-electron chi connectivity index (χ0n) is 12.3. The van der Waals surface area contributed by atoms with E-state index >= 15 is 0 Å². The second-order valence-corrected chi connectivity index (χ2v) is 5.16. The molecule has 7 nitrogen and oxygen atoms in total. The topological polar surface area (TPSA) is 102 Å². The molecular formula is C14H20N2O5. The second-order valence-electron chi connectivity index (χ2n) is 5.16. The fourth-order valence-corrected chi connectivity index (χ4v) is 1.97. The van der Waals surface area contributed by atoms with E-state index in [2.05, 4.69) is 5.32 Å². The standard InChI is InChI=1S/C14H20N2O5/c1-9(2)6-11(14(17)18)15-8-10-4-5-13(21-3)12(7-10)16(19)20/h4-5,7,9,11,15H,6,8H2,1-3H3,(H,17,18)/t11-/m0/s1. The molecule has 116 valence electrons. The predicted molar refractivity (Wildman–Crippen MR) is 77.4 cm³/mol. The zero-order valence-corrected chi connectivity index (χ0v) is 12.3. The van der Waals surface area contributed by atoms with Gasteiger partial charge in [0.05, 0.1) is 12.0 Å². The van der Waals surface area contributed by atoms with Crippen LogP contribution in [0, 0.1) is 16.0 Å². The summed E-state index contributed by atoms with van der Waals surface area (Å²) in [4.78, 5) is 21.6. The van der Waals surface area contributed by atoms with Crippen molar-refractivity contribution in [1.82, 2.24) is 5.32 Å². The molecule has 0 heterocycles. The average molecular weight is 296 g/mol. The summed E-state index contributed by atoms with van der Waals surface area (Å²) in [5, 5.41) is 23.0. The largest absolute Gasteiger partial charge is 0.490 e. The number of nitro groups is 1. The van der Waals surface area contributed by atoms with E-state index in [1.807, 2.05) is 13.8 Å². The molecule has 1 rings (SSSR count). The minimum Gasteiger partial charge on any atom is -0.490 e. The van der Waals surface area contributed by atoms with Gasteiger partial charge in [0.25, 0.3) is 0 Å². The van der Waals surface area contributed by atoms with E-state index in [0.717, 1.165) is 0 Å². The molecule has 0 fully saturated rings. The summed E-state index contributed by atoms with van der Waals surface area (Å²) in [5.74, 6) is -0.503. The summed E-state index contributed by atoms with van der Waals surface area (Å²) >= 11 is 0. The third kappa shape index (κ3) is 5.03. The van der Waals surface area contributed by atoms with Gasteiger partial charge in [0, 0.05) is 12.6 Å². The van der Waals surface area contributed by atoms with Crippen LogP contribution in [-0.2, 0) is 11.3 Å². The lowest BCUT2D eigenvalue weighted by Crippen LogP contribution is -2.37. The van der Waals surface area contributed by atoms with Gasteiger partial charge < -0.3 is 15.2 Å². The van der Waals surface area contributed by atoms with E-state index in [0.29, 0.717) is 12.0 Å². The molecule has 1 atom stereocenters. The number of aliphatic carboxylic acids is 1. The van der Waals surface area contributed by atoms with Gasteiger partial charge in [0.15, 0.2) is 5.75 Å². The zero-order chi connectivity index (χ0) is 16.0. The van der Waals surface area contributed by atoms with Crippen molar-refractivity contribution >= 4 is 11.7 Å². The molecule has 0 amide bonds. The molecule has 1 aromatic rings. The van der Waals surface area contributed by atoms with Crippen molar-refractivity contribution in [3.8, 4) is 5.75 Å². The van der Waals surface area contributed by atoms with E-state index < -0.39 is 16.9 Å². The van der Waals surface area contributed by atoms with Crippen molar-refractivity contribution in [2.45, 2.75) is 32.9 Å². The Morgan fingerprint density at radius 3 is 2.62 bits per heavy atom. The van der Waals surface area contributed by atoms with Crippen LogP contribution in [0.15, 0.2) is 18.2 Å². The summed E-state index contributed by atoms with van der Waals surface area (Å²) in [7, 11) is 1.36. The summed E-state index contributed by atoms with van der Waals surface area (Å²) < 4.78 is 4.92. The number of benzene rings is 1. The molecule has 0 bridgehead atoms. The number of hydrogen-bond acceptors (Lipinski definition) is 5. The van der Waals surface area contributed by atoms with E-state index in [1.54, 1.807) is 6.07 Å². The average Bonchev–Trinajstić information content (AvgIpc) is 2.42. The first kappa shape index (κ1) is 16.9. The number of carboxylic acids is 1. The highest BCUT2D eigenvalue weighted by atomic mass is 16.6. The van der Waals surface area contributed by atoms with Crippen LogP contribution in [0.5, 0.6) is 5.75 Å². The van der Waals surface area contributed by atoms with Gasteiger partial charge in [-0.1, -0.05) is 19.9 Å². The first-order valence-corrected chi connectivity index (χ1v) is 6.62. The number of nitro benzene ring substituents is 1. The molecule has 0 aliphatic rings. The SMILES string of the molecule is COc1ccc(CN[C@@H](CC(C)C)C(=O)O)cc1[N+](=O)[O-]. The van der Waals surface area contributed by atoms with E-state index in [-0.39, 0.29) is 23.9 Å². The number of methoxy groups -OCH3 is 1. The number of nitrogens with zero attached hydrogens (tertiary/aromatic N) is 1. The molecule has 1 aromatic carbocycles. The van der Waals surface area contributed by atoms with Gasteiger partial charge in [-0.2, -0.15) is 0 Å². The third-order valence-corrected chi connectivity index (χ3v) is 3.00. The molecular weight excluding hydrogens is 276 g/mol. The highest BCUT2D eigenvalue weighted by molar-refractivity contribution is 5.73. The van der Waals surface area contributed by atoms with Crippen molar-refractivity contribution in [2.24, 2.45) is 5.92 Å². The van der Waals surface area contributed by atoms with Crippen LogP contribution >= 0.6 is 0 Å². The Labute approximate surface area is 123 Å². The Morgan fingerprint density at radius 2 is 2.14 bits per heavy atom. The molecule has 0 spiro atoms. The smallest absolute Gasteiger partial charge is 0.320 e. The molecule has 7 heteroatoms. The van der Waals surface area contributed by atoms with E-state index in [9.17, 15) is 14.9 Å². The van der Waals surface area contributed by atoms with Crippen LogP contribution in [0.3, 0.4) is 0 Å². The molecule has 0 aromatic heterocycles. The maximum atomic E-state index is 11.1. The lowest BCUT2D eigenvalue weighted by atomic mass is 10.0. The molecule has 0 unspecified atom stereocenters. The highest BCUT2D eigenvalue weighted by Gasteiger charge is 2.19. The lowest BCUT2D eigenvalue weighted by molar-refractivity contribution is -0.385. The minimum absolute atomic E-state index is 0.132. The molecule has 2 N–H and O–H groups in total. The van der Waals surface area contributed by atoms with E-state index in [4.69, 9.17) is 9.84 Å². The first-order valence-electron chi connectivity index (χ1n) is 6.62. The molecule has 0 aliphatic heterocycles. The normalized spacial score (nSPS) is 12.2. The number of carboxylic acid groups (broad SMARTS) is 1. The Hall–Kier alpha value is -2.15. The summed E-state index contributed by atoms with van der Waals surface area (Å²) in [5.41, 5.74) is 0.505. The van der Waals surface area contributed by atoms with Crippen LogP contribution in [0.2, 0.25) is 0 Å². The van der Waals surface area contributed by atoms with Crippen LogP contribution in [-0.4, -0.2) is 29.2 Å². The first-order chi connectivity index (χ1) is 9.85. The van der Waals surface area contributed by atoms with Gasteiger partial charge in [-0.25, -0.2) is 0 Å². The fourth-order valence-electron chi connectivity index (χ4n) is 1.97. The van der Waals surface area contributed by atoms with Crippen LogP contribution in [0.25, 0.3) is 0 Å². The number of ether oxygens (including phenoxy) is 1. The Bertz CT molecular complexity index is 516. The molecule has 0 aliphatic carbocycles. The maximum Gasteiger partial charge on any atom is 0.320 e. The predicted octanol–water partition coefficient (Wildman–Crippen LogP) is 2.19. The molecule has 21 heavy (non-hydrogen) atoms. The lowest BCUT2D eigenvalue weighted by Gasteiger charge is -2.16. The Morgan fingerprint density at radius 1 is 1.48 bits per heavy atom. The summed E-state index contributed by atoms with van der Waals surface area (Å²) in [6, 6.07) is 3.90. The van der Waals surface area contributed by atoms with Gasteiger partial charge >= 0.3 is 11.7 Å². The van der Waals surface area contributed by atoms with Gasteiger partial charge in [0.1, 0.15) is 6.04 Å². The number of rotatable bonds is 8. The number of hydrogen-bond donors (Lipinski definition) is 2. The van der Waals surface area contributed by atoms with E-state index in [1.165, 1.54) is 19.2 Å². The van der Waals surface area contributed by atoms with Gasteiger partial charge in [-0.15, -0.1) is 0 Å². The number of nitrogens with one attached hydrogen (secondary N) is 1. The minimum atomic E-state index is -0.924. The van der Waals surface area contributed by atoms with Crippen molar-refractivity contribution in [2.75, 3.05) is 7.11 Å². The van der Waals surface area contributed by atoms with Crippen LogP contribution in [0.1, 0.15) is 25.8 Å². The monoisotopic (exact) mass is 296 g/mol. The van der Waals surface area contributed by atoms with Crippen molar-refractivity contribution in [3.63, 3.8) is 0 Å². The molecule has 0 saturated heterocycles. The second kappa shape index (κ2) is 7.58. The summed E-state index contributed by atoms with van der Waals surface area (Å²) in [6.45, 7) is 4.13. The third-order valence-electron chi connectivity index (χ3n) is 3.00. The van der Waals surface area contributed by atoms with Gasteiger partial charge in [-0.05, 0) is 24.0 Å². The van der Waals surface area contributed by atoms with Crippen molar-refractivity contribution < 1.29 is 19.6 Å². The van der Waals surface area contributed by atoms with Crippen molar-refractivity contribution in [3.05, 3.63) is 33.9 Å². The Kier molecular flexibility index (Phi) is 6.10.